The van der Waals surface area contributed by atoms with Gasteiger partial charge in [0.1, 0.15) is 5.82 Å². The van der Waals surface area contributed by atoms with Crippen molar-refractivity contribution in [3.63, 3.8) is 0 Å². The summed E-state index contributed by atoms with van der Waals surface area (Å²) in [7, 11) is 0. The Morgan fingerprint density at radius 1 is 1.21 bits per heavy atom. The van der Waals surface area contributed by atoms with E-state index in [0.29, 0.717) is 12.0 Å². The fourth-order valence-electron chi connectivity index (χ4n) is 2.58. The minimum Gasteiger partial charge on any atom is -0.324 e. The van der Waals surface area contributed by atoms with Crippen LogP contribution in [0.5, 0.6) is 0 Å². The second kappa shape index (κ2) is 5.74. The lowest BCUT2D eigenvalue weighted by atomic mass is 10.0. The average molecular weight is 259 g/mol. The molecule has 0 bridgehead atoms. The second-order valence-electron chi connectivity index (χ2n) is 5.82. The van der Waals surface area contributed by atoms with E-state index in [-0.39, 0.29) is 6.04 Å². The molecule has 0 aliphatic rings. The van der Waals surface area contributed by atoms with Crippen LogP contribution in [0, 0.1) is 5.92 Å². The van der Waals surface area contributed by atoms with Crippen molar-refractivity contribution in [3.05, 3.63) is 30.1 Å². The number of hydrogen-bond donors (Lipinski definition) is 1. The molecule has 1 heterocycles. The topological polar surface area (TPSA) is 43.8 Å². The molecular weight excluding hydrogens is 234 g/mol. The van der Waals surface area contributed by atoms with Crippen LogP contribution in [0.15, 0.2) is 24.3 Å². The van der Waals surface area contributed by atoms with Gasteiger partial charge in [0.25, 0.3) is 0 Å². The highest BCUT2D eigenvalue weighted by Crippen LogP contribution is 2.28. The zero-order chi connectivity index (χ0) is 14.0. The molecule has 0 spiro atoms. The van der Waals surface area contributed by atoms with Crippen LogP contribution in [0.2, 0.25) is 0 Å². The van der Waals surface area contributed by atoms with Crippen LogP contribution < -0.4 is 5.73 Å². The van der Waals surface area contributed by atoms with Gasteiger partial charge in [0.2, 0.25) is 0 Å². The van der Waals surface area contributed by atoms with Gasteiger partial charge < -0.3 is 10.3 Å². The molecule has 0 radical (unpaired) electrons. The minimum absolute atomic E-state index is 0.0152. The molecule has 2 N–H and O–H groups in total. The summed E-state index contributed by atoms with van der Waals surface area (Å²) in [5.41, 5.74) is 8.62. The maximum atomic E-state index is 6.37. The molecule has 3 heteroatoms. The first-order valence-electron chi connectivity index (χ1n) is 7.27. The van der Waals surface area contributed by atoms with E-state index in [2.05, 4.69) is 50.5 Å². The third kappa shape index (κ3) is 2.81. The Balaban J connectivity index is 2.52. The van der Waals surface area contributed by atoms with Crippen molar-refractivity contribution >= 4 is 11.0 Å². The van der Waals surface area contributed by atoms with Gasteiger partial charge in [-0.2, -0.15) is 0 Å². The molecule has 2 aromatic rings. The summed E-state index contributed by atoms with van der Waals surface area (Å²) in [6, 6.07) is 8.76. The number of nitrogens with two attached hydrogens (primary N) is 1. The Hall–Kier alpha value is -1.35. The van der Waals surface area contributed by atoms with Crippen LogP contribution in [0.25, 0.3) is 11.0 Å². The Labute approximate surface area is 115 Å². The molecule has 2 atom stereocenters. The SMILES string of the molecule is CC[C@@H](C)n1c([C@@H](N)CC(C)C)nc2ccccc21. The highest BCUT2D eigenvalue weighted by atomic mass is 15.1. The van der Waals surface area contributed by atoms with Crippen molar-refractivity contribution in [2.24, 2.45) is 11.7 Å². The van der Waals surface area contributed by atoms with Gasteiger partial charge in [-0.25, -0.2) is 4.98 Å². The molecule has 0 amide bonds. The lowest BCUT2D eigenvalue weighted by molar-refractivity contribution is 0.448. The molecule has 2 rings (SSSR count). The quantitative estimate of drug-likeness (QED) is 0.880. The van der Waals surface area contributed by atoms with Crippen molar-refractivity contribution in [3.8, 4) is 0 Å². The van der Waals surface area contributed by atoms with E-state index >= 15 is 0 Å². The largest absolute Gasteiger partial charge is 0.324 e. The standard InChI is InChI=1S/C16H25N3/c1-5-12(4)19-15-9-7-6-8-14(15)18-16(19)13(17)10-11(2)3/h6-9,11-13H,5,10,17H2,1-4H3/t12-,13+/m1/s1. The van der Waals surface area contributed by atoms with Crippen LogP contribution in [-0.4, -0.2) is 9.55 Å². The molecule has 1 aromatic carbocycles. The zero-order valence-electron chi connectivity index (χ0n) is 12.4. The van der Waals surface area contributed by atoms with Gasteiger partial charge in [-0.15, -0.1) is 0 Å². The lowest BCUT2D eigenvalue weighted by Gasteiger charge is -2.20. The number of rotatable bonds is 5. The normalized spacial score (nSPS) is 15.1. The molecule has 104 valence electrons. The molecule has 0 aliphatic carbocycles. The van der Waals surface area contributed by atoms with E-state index in [4.69, 9.17) is 10.7 Å². The Bertz CT molecular complexity index is 542. The van der Waals surface area contributed by atoms with E-state index in [9.17, 15) is 0 Å². The molecule has 1 aromatic heterocycles. The average Bonchev–Trinajstić information content (AvgIpc) is 2.76. The van der Waals surface area contributed by atoms with Gasteiger partial charge >= 0.3 is 0 Å². The number of benzene rings is 1. The third-order valence-corrected chi connectivity index (χ3v) is 3.71. The maximum absolute atomic E-state index is 6.37. The summed E-state index contributed by atoms with van der Waals surface area (Å²) < 4.78 is 2.32. The molecule has 19 heavy (non-hydrogen) atoms. The van der Waals surface area contributed by atoms with Crippen LogP contribution in [-0.2, 0) is 0 Å². The number of aromatic nitrogens is 2. The molecule has 0 fully saturated rings. The van der Waals surface area contributed by atoms with E-state index in [0.717, 1.165) is 24.2 Å². The van der Waals surface area contributed by atoms with Gasteiger partial charge in [-0.1, -0.05) is 32.9 Å². The molecule has 0 aliphatic heterocycles. The van der Waals surface area contributed by atoms with Crippen molar-refractivity contribution in [1.82, 2.24) is 9.55 Å². The third-order valence-electron chi connectivity index (χ3n) is 3.71. The van der Waals surface area contributed by atoms with E-state index in [1.54, 1.807) is 0 Å². The van der Waals surface area contributed by atoms with Crippen molar-refractivity contribution in [2.75, 3.05) is 0 Å². The van der Waals surface area contributed by atoms with Crippen LogP contribution in [0.1, 0.15) is 58.4 Å². The first kappa shape index (κ1) is 14.1. The molecule has 3 nitrogen and oxygen atoms in total. The predicted octanol–water partition coefficient (Wildman–Crippen LogP) is 4.05. The van der Waals surface area contributed by atoms with E-state index in [1.807, 2.05) is 6.07 Å². The molecule has 0 saturated carbocycles. The smallest absolute Gasteiger partial charge is 0.127 e. The summed E-state index contributed by atoms with van der Waals surface area (Å²) in [6.45, 7) is 8.85. The number of imidazole rings is 1. The van der Waals surface area contributed by atoms with Gasteiger partial charge in [0, 0.05) is 6.04 Å². The summed E-state index contributed by atoms with van der Waals surface area (Å²) in [5.74, 6) is 1.62. The fourth-order valence-corrected chi connectivity index (χ4v) is 2.58. The fraction of sp³-hybridized carbons (Fsp3) is 0.562. The van der Waals surface area contributed by atoms with Crippen LogP contribution in [0.4, 0.5) is 0 Å². The van der Waals surface area contributed by atoms with Crippen LogP contribution >= 0.6 is 0 Å². The number of fused-ring (bicyclic) bond motifs is 1. The number of hydrogen-bond acceptors (Lipinski definition) is 2. The predicted molar refractivity (Wildman–Crippen MR) is 81.1 cm³/mol. The highest BCUT2D eigenvalue weighted by molar-refractivity contribution is 5.76. The lowest BCUT2D eigenvalue weighted by Crippen LogP contribution is -2.20. The Morgan fingerprint density at radius 3 is 2.53 bits per heavy atom. The summed E-state index contributed by atoms with van der Waals surface area (Å²) in [6.07, 6.45) is 2.06. The first-order valence-corrected chi connectivity index (χ1v) is 7.27. The summed E-state index contributed by atoms with van der Waals surface area (Å²) in [4.78, 5) is 4.77. The van der Waals surface area contributed by atoms with Gasteiger partial charge in [0.05, 0.1) is 17.1 Å². The molecule has 0 unspecified atom stereocenters. The van der Waals surface area contributed by atoms with Crippen molar-refractivity contribution < 1.29 is 0 Å². The number of nitrogens with zero attached hydrogens (tertiary/aromatic N) is 2. The highest BCUT2D eigenvalue weighted by Gasteiger charge is 2.20. The minimum atomic E-state index is 0.0152. The summed E-state index contributed by atoms with van der Waals surface area (Å²) >= 11 is 0. The van der Waals surface area contributed by atoms with E-state index in [1.165, 1.54) is 5.52 Å². The van der Waals surface area contributed by atoms with Gasteiger partial charge in [-0.3, -0.25) is 0 Å². The molecule has 0 saturated heterocycles. The zero-order valence-corrected chi connectivity index (χ0v) is 12.4. The van der Waals surface area contributed by atoms with Crippen LogP contribution in [0.3, 0.4) is 0 Å². The maximum Gasteiger partial charge on any atom is 0.127 e. The second-order valence-corrected chi connectivity index (χ2v) is 5.82. The Kier molecular flexibility index (Phi) is 4.25. The Morgan fingerprint density at radius 2 is 1.89 bits per heavy atom. The van der Waals surface area contributed by atoms with E-state index < -0.39 is 0 Å². The monoisotopic (exact) mass is 259 g/mol. The van der Waals surface area contributed by atoms with Gasteiger partial charge in [-0.05, 0) is 37.8 Å². The van der Waals surface area contributed by atoms with Crippen molar-refractivity contribution in [2.45, 2.75) is 52.6 Å². The van der Waals surface area contributed by atoms with Crippen molar-refractivity contribution in [1.29, 1.82) is 0 Å². The first-order chi connectivity index (χ1) is 9.04. The van der Waals surface area contributed by atoms with Gasteiger partial charge in [0.15, 0.2) is 0 Å². The number of para-hydroxylation sites is 2. The molecular formula is C16H25N3. The summed E-state index contributed by atoms with van der Waals surface area (Å²) in [5, 5.41) is 0.